The predicted molar refractivity (Wildman–Crippen MR) is 100 cm³/mol. The number of rotatable bonds is 6. The molecule has 0 unspecified atom stereocenters. The van der Waals surface area contributed by atoms with E-state index in [-0.39, 0.29) is 5.91 Å². The molecule has 2 rings (SSSR count). The summed E-state index contributed by atoms with van der Waals surface area (Å²) in [6.45, 7) is 6.47. The number of benzene rings is 2. The molecule has 2 aromatic carbocycles. The molecule has 0 radical (unpaired) electrons. The Balaban J connectivity index is 1.82. The smallest absolute Gasteiger partial charge is 0.224 e. The third-order valence-corrected chi connectivity index (χ3v) is 4.17. The minimum atomic E-state index is -0.0177. The lowest BCUT2D eigenvalue weighted by Gasteiger charge is -2.13. The minimum absolute atomic E-state index is 0.0177. The van der Waals surface area contributed by atoms with Gasteiger partial charge in [0.25, 0.3) is 0 Å². The van der Waals surface area contributed by atoms with Crippen LogP contribution in [-0.4, -0.2) is 12.5 Å². The number of hydrogen-bond donors (Lipinski definition) is 1. The van der Waals surface area contributed by atoms with Crippen LogP contribution in [0.2, 0.25) is 10.0 Å². The second-order valence-electron chi connectivity index (χ2n) is 5.85. The van der Waals surface area contributed by atoms with Crippen molar-refractivity contribution < 1.29 is 9.53 Å². The molecule has 0 bridgehead atoms. The van der Waals surface area contributed by atoms with Gasteiger partial charge in [-0.2, -0.15) is 0 Å². The van der Waals surface area contributed by atoms with Gasteiger partial charge in [-0.3, -0.25) is 4.79 Å². The van der Waals surface area contributed by atoms with E-state index >= 15 is 0 Å². The zero-order valence-corrected chi connectivity index (χ0v) is 15.6. The Morgan fingerprint density at radius 3 is 2.38 bits per heavy atom. The molecule has 0 aliphatic heterocycles. The number of carbonyl (C=O) groups excluding carboxylic acids is 1. The number of nitrogens with one attached hydrogen (secondary N) is 1. The first kappa shape index (κ1) is 18.6. The zero-order chi connectivity index (χ0) is 17.7. The van der Waals surface area contributed by atoms with Crippen LogP contribution in [0.25, 0.3) is 0 Å². The summed E-state index contributed by atoms with van der Waals surface area (Å²) >= 11 is 11.9. The lowest BCUT2D eigenvalue weighted by Crippen LogP contribution is -2.14. The molecule has 0 saturated heterocycles. The lowest BCUT2D eigenvalue weighted by atomic mass is 10.0. The fourth-order valence-corrected chi connectivity index (χ4v) is 3.05. The predicted octanol–water partition coefficient (Wildman–Crippen LogP) is 5.72. The van der Waals surface area contributed by atoms with Gasteiger partial charge in [-0.25, -0.2) is 0 Å². The highest BCUT2D eigenvalue weighted by atomic mass is 35.5. The standard InChI is InChI=1S/C19H21Cl2NO2/c1-12-9-13(2)19(14(3)10-12)22-18(23)5-4-8-24-17-7-6-15(20)11-16(17)21/h6-7,9-11H,4-5,8H2,1-3H3,(H,22,23). The van der Waals surface area contributed by atoms with Crippen molar-refractivity contribution in [3.8, 4) is 5.75 Å². The van der Waals surface area contributed by atoms with Crippen LogP contribution in [0.1, 0.15) is 29.5 Å². The van der Waals surface area contributed by atoms with Gasteiger partial charge in [-0.1, -0.05) is 40.9 Å². The van der Waals surface area contributed by atoms with Gasteiger partial charge in [0.1, 0.15) is 5.75 Å². The van der Waals surface area contributed by atoms with Crippen LogP contribution in [0, 0.1) is 20.8 Å². The minimum Gasteiger partial charge on any atom is -0.492 e. The maximum Gasteiger partial charge on any atom is 0.224 e. The van der Waals surface area contributed by atoms with Crippen LogP contribution >= 0.6 is 23.2 Å². The fourth-order valence-electron chi connectivity index (χ4n) is 2.59. The summed E-state index contributed by atoms with van der Waals surface area (Å²) in [4.78, 5) is 12.1. The molecule has 128 valence electrons. The molecule has 0 aromatic heterocycles. The van der Waals surface area contributed by atoms with Crippen molar-refractivity contribution in [2.24, 2.45) is 0 Å². The number of amides is 1. The lowest BCUT2D eigenvalue weighted by molar-refractivity contribution is -0.116. The summed E-state index contributed by atoms with van der Waals surface area (Å²) in [5, 5.41) is 4.02. The van der Waals surface area contributed by atoms with E-state index in [1.165, 1.54) is 5.56 Å². The largest absolute Gasteiger partial charge is 0.492 e. The van der Waals surface area contributed by atoms with Crippen molar-refractivity contribution in [2.45, 2.75) is 33.6 Å². The van der Waals surface area contributed by atoms with E-state index in [1.54, 1.807) is 18.2 Å². The SMILES string of the molecule is Cc1cc(C)c(NC(=O)CCCOc2ccc(Cl)cc2Cl)c(C)c1. The van der Waals surface area contributed by atoms with E-state index < -0.39 is 0 Å². The molecule has 3 nitrogen and oxygen atoms in total. The summed E-state index contributed by atoms with van der Waals surface area (Å²) in [5.41, 5.74) is 4.23. The molecule has 5 heteroatoms. The Hall–Kier alpha value is -1.71. The average Bonchev–Trinajstić information content (AvgIpc) is 2.49. The molecule has 1 amide bonds. The Bertz CT molecular complexity index is 721. The first-order valence-corrected chi connectivity index (χ1v) is 8.58. The van der Waals surface area contributed by atoms with E-state index in [0.717, 1.165) is 16.8 Å². The van der Waals surface area contributed by atoms with Crippen molar-refractivity contribution >= 4 is 34.8 Å². The highest BCUT2D eigenvalue weighted by molar-refractivity contribution is 6.35. The first-order valence-electron chi connectivity index (χ1n) is 7.82. The van der Waals surface area contributed by atoms with E-state index in [2.05, 4.69) is 17.4 Å². The molecule has 0 fully saturated rings. The van der Waals surface area contributed by atoms with Crippen LogP contribution in [0.5, 0.6) is 5.75 Å². The van der Waals surface area contributed by atoms with Crippen molar-refractivity contribution in [2.75, 3.05) is 11.9 Å². The first-order chi connectivity index (χ1) is 11.4. The van der Waals surface area contributed by atoms with E-state index in [1.807, 2.05) is 20.8 Å². The summed E-state index contributed by atoms with van der Waals surface area (Å²) in [5.74, 6) is 0.558. The summed E-state index contributed by atoms with van der Waals surface area (Å²) in [6.07, 6.45) is 0.993. The quantitative estimate of drug-likeness (QED) is 0.665. The zero-order valence-electron chi connectivity index (χ0n) is 14.1. The molecule has 0 heterocycles. The highest BCUT2D eigenvalue weighted by Gasteiger charge is 2.09. The van der Waals surface area contributed by atoms with Gasteiger partial charge < -0.3 is 10.1 Å². The molecule has 2 aromatic rings. The molecule has 0 atom stereocenters. The van der Waals surface area contributed by atoms with Gasteiger partial charge in [0.15, 0.2) is 0 Å². The molecule has 1 N–H and O–H groups in total. The van der Waals surface area contributed by atoms with E-state index in [9.17, 15) is 4.79 Å². The van der Waals surface area contributed by atoms with Crippen molar-refractivity contribution in [1.82, 2.24) is 0 Å². The van der Waals surface area contributed by atoms with Crippen LogP contribution in [0.4, 0.5) is 5.69 Å². The van der Waals surface area contributed by atoms with Crippen LogP contribution in [-0.2, 0) is 4.79 Å². The number of anilines is 1. The third kappa shape index (κ3) is 5.15. The summed E-state index contributed by atoms with van der Waals surface area (Å²) in [7, 11) is 0. The van der Waals surface area contributed by atoms with Gasteiger partial charge >= 0.3 is 0 Å². The van der Waals surface area contributed by atoms with Gasteiger partial charge in [0.05, 0.1) is 11.6 Å². The number of ether oxygens (including phenoxy) is 1. The normalized spacial score (nSPS) is 10.5. The summed E-state index contributed by atoms with van der Waals surface area (Å²) < 4.78 is 5.58. The molecule has 0 aliphatic carbocycles. The molecule has 0 spiro atoms. The topological polar surface area (TPSA) is 38.3 Å². The van der Waals surface area contributed by atoms with Crippen molar-refractivity contribution in [3.63, 3.8) is 0 Å². The van der Waals surface area contributed by atoms with Crippen molar-refractivity contribution in [3.05, 3.63) is 57.1 Å². The van der Waals surface area contributed by atoms with E-state index in [0.29, 0.717) is 35.2 Å². The fraction of sp³-hybridized carbons (Fsp3) is 0.316. The molecular formula is C19H21Cl2NO2. The maximum atomic E-state index is 12.1. The third-order valence-electron chi connectivity index (χ3n) is 3.64. The van der Waals surface area contributed by atoms with Crippen molar-refractivity contribution in [1.29, 1.82) is 0 Å². The monoisotopic (exact) mass is 365 g/mol. The van der Waals surface area contributed by atoms with E-state index in [4.69, 9.17) is 27.9 Å². The van der Waals surface area contributed by atoms with Crippen LogP contribution in [0.3, 0.4) is 0 Å². The van der Waals surface area contributed by atoms with Gasteiger partial charge in [0.2, 0.25) is 5.91 Å². The molecule has 0 saturated carbocycles. The van der Waals surface area contributed by atoms with Gasteiger partial charge in [-0.05, 0) is 56.5 Å². The maximum absolute atomic E-state index is 12.1. The number of aryl methyl sites for hydroxylation is 3. The molecule has 0 aliphatic rings. The number of hydrogen-bond acceptors (Lipinski definition) is 2. The second-order valence-corrected chi connectivity index (χ2v) is 6.69. The Morgan fingerprint density at radius 1 is 1.08 bits per heavy atom. The number of carbonyl (C=O) groups is 1. The van der Waals surface area contributed by atoms with Crippen LogP contribution < -0.4 is 10.1 Å². The van der Waals surface area contributed by atoms with Gasteiger partial charge in [-0.15, -0.1) is 0 Å². The Kier molecular flexibility index (Phi) is 6.52. The second kappa shape index (κ2) is 8.41. The Labute approximate surface area is 152 Å². The molecular weight excluding hydrogens is 345 g/mol. The molecule has 24 heavy (non-hydrogen) atoms. The Morgan fingerprint density at radius 2 is 1.75 bits per heavy atom. The van der Waals surface area contributed by atoms with Crippen LogP contribution in [0.15, 0.2) is 30.3 Å². The average molecular weight is 366 g/mol. The van der Waals surface area contributed by atoms with Gasteiger partial charge in [0, 0.05) is 17.1 Å². The number of halogens is 2. The summed E-state index contributed by atoms with van der Waals surface area (Å²) in [6, 6.07) is 9.21. The highest BCUT2D eigenvalue weighted by Crippen LogP contribution is 2.27.